The van der Waals surface area contributed by atoms with E-state index < -0.39 is 0 Å². The van der Waals surface area contributed by atoms with E-state index in [2.05, 4.69) is 31.1 Å². The fraction of sp³-hybridized carbons (Fsp3) is 0.409. The van der Waals surface area contributed by atoms with E-state index in [9.17, 15) is 4.79 Å². The van der Waals surface area contributed by atoms with Gasteiger partial charge in [-0.1, -0.05) is 28.1 Å². The molecule has 0 radical (unpaired) electrons. The summed E-state index contributed by atoms with van der Waals surface area (Å²) in [6.07, 6.45) is 1.84. The van der Waals surface area contributed by atoms with Gasteiger partial charge in [0.05, 0.1) is 11.3 Å². The van der Waals surface area contributed by atoms with Crippen LogP contribution < -0.4 is 10.2 Å². The predicted octanol–water partition coefficient (Wildman–Crippen LogP) is 4.44. The number of aromatic nitrogens is 2. The number of carbonyl (C=O) groups excluding carboxylic acids is 1. The highest BCUT2D eigenvalue weighted by molar-refractivity contribution is 9.10. The molecule has 0 saturated carbocycles. The van der Waals surface area contributed by atoms with Crippen molar-refractivity contribution >= 4 is 38.8 Å². The standard InChI is InChI=1S/C22H25BrN4O2/c1-13-14(2)29-22-19(13)20(25-15(3)26-22)27-9-5-7-17(12-27)21(28)24-11-16-6-4-8-18(23)10-16/h4,6,8,10,17H,5,7,9,11-12H2,1-3H3,(H,24,28)/t17-/m1/s1. The number of nitrogens with zero attached hydrogens (tertiary/aromatic N) is 3. The number of amides is 1. The van der Waals surface area contributed by atoms with Crippen LogP contribution in [0.5, 0.6) is 0 Å². The summed E-state index contributed by atoms with van der Waals surface area (Å²) in [6.45, 7) is 7.93. The molecule has 3 aromatic rings. The topological polar surface area (TPSA) is 71.3 Å². The summed E-state index contributed by atoms with van der Waals surface area (Å²) in [5, 5.41) is 4.06. The number of hydrogen-bond acceptors (Lipinski definition) is 5. The van der Waals surface area contributed by atoms with Gasteiger partial charge in [0.15, 0.2) is 0 Å². The summed E-state index contributed by atoms with van der Waals surface area (Å²) < 4.78 is 6.84. The van der Waals surface area contributed by atoms with Crippen molar-refractivity contribution < 1.29 is 9.21 Å². The number of halogens is 1. The largest absolute Gasteiger partial charge is 0.443 e. The molecule has 1 fully saturated rings. The summed E-state index contributed by atoms with van der Waals surface area (Å²) in [5.74, 6) is 2.46. The highest BCUT2D eigenvalue weighted by atomic mass is 79.9. The molecule has 0 bridgehead atoms. The molecule has 152 valence electrons. The zero-order valence-electron chi connectivity index (χ0n) is 17.0. The van der Waals surface area contributed by atoms with Gasteiger partial charge in [-0.2, -0.15) is 4.98 Å². The molecule has 6 nitrogen and oxygen atoms in total. The van der Waals surface area contributed by atoms with Gasteiger partial charge in [-0.25, -0.2) is 4.98 Å². The van der Waals surface area contributed by atoms with Crippen LogP contribution in [-0.4, -0.2) is 29.0 Å². The maximum absolute atomic E-state index is 12.8. The van der Waals surface area contributed by atoms with E-state index in [1.165, 1.54) is 0 Å². The van der Waals surface area contributed by atoms with E-state index in [0.29, 0.717) is 24.6 Å². The lowest BCUT2D eigenvalue weighted by Gasteiger charge is -2.33. The van der Waals surface area contributed by atoms with Crippen LogP contribution in [0.1, 0.15) is 35.6 Å². The molecular weight excluding hydrogens is 432 g/mol. The fourth-order valence-corrected chi connectivity index (χ4v) is 4.37. The van der Waals surface area contributed by atoms with Crippen molar-refractivity contribution in [1.82, 2.24) is 15.3 Å². The molecule has 29 heavy (non-hydrogen) atoms. The number of carbonyl (C=O) groups is 1. The molecule has 0 aliphatic carbocycles. The predicted molar refractivity (Wildman–Crippen MR) is 117 cm³/mol. The van der Waals surface area contributed by atoms with Gasteiger partial charge in [0, 0.05) is 29.7 Å². The van der Waals surface area contributed by atoms with Gasteiger partial charge in [0.2, 0.25) is 11.6 Å². The summed E-state index contributed by atoms with van der Waals surface area (Å²) in [4.78, 5) is 24.2. The van der Waals surface area contributed by atoms with Gasteiger partial charge in [-0.15, -0.1) is 0 Å². The van der Waals surface area contributed by atoms with Gasteiger partial charge in [0.25, 0.3) is 0 Å². The first-order valence-corrected chi connectivity index (χ1v) is 10.7. The molecule has 1 atom stereocenters. The average Bonchev–Trinajstić information content (AvgIpc) is 2.99. The summed E-state index contributed by atoms with van der Waals surface area (Å²) in [6, 6.07) is 8.00. The van der Waals surface area contributed by atoms with Crippen molar-refractivity contribution in [3.8, 4) is 0 Å². The lowest BCUT2D eigenvalue weighted by molar-refractivity contribution is -0.125. The normalized spacial score (nSPS) is 17.0. The second-order valence-electron chi connectivity index (χ2n) is 7.69. The van der Waals surface area contributed by atoms with E-state index in [-0.39, 0.29) is 11.8 Å². The van der Waals surface area contributed by atoms with E-state index in [1.54, 1.807) is 0 Å². The lowest BCUT2D eigenvalue weighted by atomic mass is 9.96. The van der Waals surface area contributed by atoms with Crippen LogP contribution in [0.4, 0.5) is 5.82 Å². The number of anilines is 1. The number of nitrogens with one attached hydrogen (secondary N) is 1. The van der Waals surface area contributed by atoms with Crippen LogP contribution in [0.15, 0.2) is 33.2 Å². The van der Waals surface area contributed by atoms with Crippen LogP contribution in [0.25, 0.3) is 11.1 Å². The number of rotatable bonds is 4. The number of furan rings is 1. The summed E-state index contributed by atoms with van der Waals surface area (Å²) >= 11 is 3.47. The van der Waals surface area contributed by atoms with Crippen molar-refractivity contribution in [2.24, 2.45) is 5.92 Å². The molecule has 1 aliphatic heterocycles. The van der Waals surface area contributed by atoms with Crippen LogP contribution in [0.2, 0.25) is 0 Å². The van der Waals surface area contributed by atoms with Gasteiger partial charge in [0.1, 0.15) is 17.4 Å². The van der Waals surface area contributed by atoms with E-state index >= 15 is 0 Å². The Morgan fingerprint density at radius 1 is 1.31 bits per heavy atom. The molecule has 4 rings (SSSR count). The minimum atomic E-state index is -0.0606. The molecule has 0 unspecified atom stereocenters. The third kappa shape index (κ3) is 4.15. The second-order valence-corrected chi connectivity index (χ2v) is 8.61. The SMILES string of the molecule is Cc1nc(N2CCC[C@@H](C(=O)NCc3cccc(Br)c3)C2)c2c(C)c(C)oc2n1. The number of fused-ring (bicyclic) bond motifs is 1. The van der Waals surface area contributed by atoms with Crippen LogP contribution in [-0.2, 0) is 11.3 Å². The highest BCUT2D eigenvalue weighted by Crippen LogP contribution is 2.33. The molecule has 1 aromatic carbocycles. The molecule has 3 heterocycles. The fourth-order valence-electron chi connectivity index (χ4n) is 3.93. The molecule has 0 spiro atoms. The monoisotopic (exact) mass is 456 g/mol. The molecule has 1 saturated heterocycles. The molecular formula is C22H25BrN4O2. The van der Waals surface area contributed by atoms with Crippen LogP contribution in [0.3, 0.4) is 0 Å². The molecule has 2 aromatic heterocycles. The zero-order chi connectivity index (χ0) is 20.5. The second kappa shape index (κ2) is 8.14. The van der Waals surface area contributed by atoms with Gasteiger partial charge in [-0.3, -0.25) is 4.79 Å². The zero-order valence-corrected chi connectivity index (χ0v) is 18.5. The maximum atomic E-state index is 12.8. The number of hydrogen-bond donors (Lipinski definition) is 1. The van der Waals surface area contributed by atoms with Gasteiger partial charge < -0.3 is 14.6 Å². The van der Waals surface area contributed by atoms with Crippen molar-refractivity contribution in [2.45, 2.75) is 40.2 Å². The van der Waals surface area contributed by atoms with Gasteiger partial charge >= 0.3 is 0 Å². The Hall–Kier alpha value is -2.41. The number of benzene rings is 1. The van der Waals surface area contributed by atoms with E-state index in [4.69, 9.17) is 9.40 Å². The Kier molecular flexibility index (Phi) is 5.58. The van der Waals surface area contributed by atoms with Crippen molar-refractivity contribution in [3.05, 3.63) is 51.4 Å². The Morgan fingerprint density at radius 3 is 2.93 bits per heavy atom. The first-order chi connectivity index (χ1) is 13.9. The first-order valence-electron chi connectivity index (χ1n) is 9.94. The average molecular weight is 457 g/mol. The molecule has 7 heteroatoms. The number of piperidine rings is 1. The Morgan fingerprint density at radius 2 is 2.14 bits per heavy atom. The van der Waals surface area contributed by atoms with Crippen molar-refractivity contribution in [1.29, 1.82) is 0 Å². The van der Waals surface area contributed by atoms with Crippen LogP contribution in [0, 0.1) is 26.7 Å². The van der Waals surface area contributed by atoms with Gasteiger partial charge in [-0.05, 0) is 51.3 Å². The minimum Gasteiger partial charge on any atom is -0.443 e. The van der Waals surface area contributed by atoms with Crippen LogP contribution >= 0.6 is 15.9 Å². The maximum Gasteiger partial charge on any atom is 0.231 e. The Labute approximate surface area is 178 Å². The summed E-state index contributed by atoms with van der Waals surface area (Å²) in [5.41, 5.74) is 2.78. The van der Waals surface area contributed by atoms with Crippen molar-refractivity contribution in [2.75, 3.05) is 18.0 Å². The smallest absolute Gasteiger partial charge is 0.231 e. The number of aryl methyl sites for hydroxylation is 3. The summed E-state index contributed by atoms with van der Waals surface area (Å²) in [7, 11) is 0. The van der Waals surface area contributed by atoms with E-state index in [1.807, 2.05) is 45.0 Å². The molecule has 1 N–H and O–H groups in total. The third-order valence-corrected chi connectivity index (χ3v) is 6.06. The molecule has 1 amide bonds. The highest BCUT2D eigenvalue weighted by Gasteiger charge is 2.29. The Balaban J connectivity index is 1.51. The lowest BCUT2D eigenvalue weighted by Crippen LogP contribution is -2.43. The molecule has 1 aliphatic rings. The third-order valence-electron chi connectivity index (χ3n) is 5.57. The van der Waals surface area contributed by atoms with E-state index in [0.717, 1.165) is 52.0 Å². The first kappa shape index (κ1) is 19.9. The van der Waals surface area contributed by atoms with Crippen molar-refractivity contribution in [3.63, 3.8) is 0 Å². The quantitative estimate of drug-likeness (QED) is 0.627. The Bertz CT molecular complexity index is 1060. The minimum absolute atomic E-state index is 0.0606.